The molecule has 0 spiro atoms. The van der Waals surface area contributed by atoms with Crippen LogP contribution in [0.4, 0.5) is 0 Å². The van der Waals surface area contributed by atoms with Crippen molar-refractivity contribution in [3.8, 4) is 0 Å². The van der Waals surface area contributed by atoms with Crippen molar-refractivity contribution in [3.05, 3.63) is 24.0 Å². The minimum Gasteiger partial charge on any atom is -0.364 e. The summed E-state index contributed by atoms with van der Waals surface area (Å²) in [5.41, 5.74) is 0.603. The zero-order chi connectivity index (χ0) is 12.0. The Balaban J connectivity index is 2.34. The molecule has 0 atom stereocenters. The van der Waals surface area contributed by atoms with Crippen LogP contribution in [0.15, 0.2) is 18.5 Å². The number of nitrogens with zero attached hydrogens (tertiary/aromatic N) is 3. The Morgan fingerprint density at radius 3 is 2.81 bits per heavy atom. The minimum atomic E-state index is 0.0731. The number of hydrogen-bond donors (Lipinski definition) is 0. The number of hydrogen-bond acceptors (Lipinski definition) is 5. The number of aromatic nitrogens is 2. The summed E-state index contributed by atoms with van der Waals surface area (Å²) in [5.74, 6) is 0.766. The summed E-state index contributed by atoms with van der Waals surface area (Å²) in [4.78, 5) is 13.5. The molecule has 1 aromatic heterocycles. The maximum Gasteiger partial charge on any atom is 0.165 e. The second kappa shape index (κ2) is 6.55. The Morgan fingerprint density at radius 2 is 2.25 bits per heavy atom. The molecule has 1 heterocycles. The van der Waals surface area contributed by atoms with Gasteiger partial charge in [0.25, 0.3) is 0 Å². The molecular formula is C10H13N3OS2. The summed E-state index contributed by atoms with van der Waals surface area (Å²) in [6.45, 7) is 0. The van der Waals surface area contributed by atoms with E-state index in [4.69, 9.17) is 12.2 Å². The van der Waals surface area contributed by atoms with Gasteiger partial charge in [-0.15, -0.1) is 0 Å². The fraction of sp³-hybridized carbons (Fsp3) is 0.400. The van der Waals surface area contributed by atoms with Gasteiger partial charge in [0, 0.05) is 31.8 Å². The third-order valence-corrected chi connectivity index (χ3v) is 3.57. The molecule has 4 nitrogen and oxygen atoms in total. The summed E-state index contributed by atoms with van der Waals surface area (Å²) in [5, 5.41) is 7.29. The second-order valence-electron chi connectivity index (χ2n) is 3.31. The average Bonchev–Trinajstić information content (AvgIpc) is 2.29. The maximum atomic E-state index is 11.7. The van der Waals surface area contributed by atoms with Crippen molar-refractivity contribution >= 4 is 34.1 Å². The van der Waals surface area contributed by atoms with Gasteiger partial charge in [0.1, 0.15) is 4.32 Å². The number of thioether (sulfide) groups is 1. The molecule has 0 amide bonds. The van der Waals surface area contributed by atoms with Gasteiger partial charge in [0.15, 0.2) is 5.78 Å². The monoisotopic (exact) mass is 255 g/mol. The second-order valence-corrected chi connectivity index (χ2v) is 5.04. The SMILES string of the molecule is CN(C)C(=S)SCCC(=O)c1ccnnc1. The van der Waals surface area contributed by atoms with E-state index >= 15 is 0 Å². The van der Waals surface area contributed by atoms with Crippen molar-refractivity contribution in [2.24, 2.45) is 0 Å². The Morgan fingerprint density at radius 1 is 1.50 bits per heavy atom. The van der Waals surface area contributed by atoms with E-state index in [0.29, 0.717) is 17.7 Å². The van der Waals surface area contributed by atoms with Gasteiger partial charge in [-0.25, -0.2) is 0 Å². The quantitative estimate of drug-likeness (QED) is 0.602. The molecule has 1 rings (SSSR count). The molecule has 1 aromatic rings. The van der Waals surface area contributed by atoms with E-state index in [1.54, 1.807) is 6.07 Å². The van der Waals surface area contributed by atoms with Gasteiger partial charge in [-0.05, 0) is 6.07 Å². The molecule has 0 radical (unpaired) electrons. The van der Waals surface area contributed by atoms with Gasteiger partial charge in [0.2, 0.25) is 0 Å². The van der Waals surface area contributed by atoms with Crippen LogP contribution < -0.4 is 0 Å². The van der Waals surface area contributed by atoms with Crippen LogP contribution in [-0.4, -0.2) is 45.0 Å². The van der Waals surface area contributed by atoms with Gasteiger partial charge in [0.05, 0.1) is 12.4 Å². The third kappa shape index (κ3) is 4.24. The van der Waals surface area contributed by atoms with Gasteiger partial charge < -0.3 is 4.90 Å². The summed E-state index contributed by atoms with van der Waals surface area (Å²) in [6.07, 6.45) is 3.46. The highest BCUT2D eigenvalue weighted by Gasteiger charge is 2.07. The standard InChI is InChI=1S/C10H13N3OS2/c1-13(2)10(15)16-6-4-9(14)8-3-5-11-12-7-8/h3,5,7H,4,6H2,1-2H3. The topological polar surface area (TPSA) is 46.1 Å². The van der Waals surface area contributed by atoms with Crippen LogP contribution in [-0.2, 0) is 0 Å². The van der Waals surface area contributed by atoms with Crippen molar-refractivity contribution in [1.29, 1.82) is 0 Å². The van der Waals surface area contributed by atoms with Crippen molar-refractivity contribution in [1.82, 2.24) is 15.1 Å². The largest absolute Gasteiger partial charge is 0.364 e. The van der Waals surface area contributed by atoms with Crippen LogP contribution in [0, 0.1) is 0 Å². The van der Waals surface area contributed by atoms with Crippen LogP contribution >= 0.6 is 24.0 Å². The van der Waals surface area contributed by atoms with Gasteiger partial charge in [-0.3, -0.25) is 4.79 Å². The Hall–Kier alpha value is -1.01. The first-order valence-corrected chi connectivity index (χ1v) is 6.14. The lowest BCUT2D eigenvalue weighted by Crippen LogP contribution is -2.16. The average molecular weight is 255 g/mol. The van der Waals surface area contributed by atoms with E-state index in [2.05, 4.69) is 10.2 Å². The molecule has 0 bridgehead atoms. The molecule has 0 aliphatic heterocycles. The zero-order valence-electron chi connectivity index (χ0n) is 9.21. The van der Waals surface area contributed by atoms with Crippen molar-refractivity contribution in [2.75, 3.05) is 19.8 Å². The lowest BCUT2D eigenvalue weighted by atomic mass is 10.2. The molecule has 0 fully saturated rings. The first-order valence-electron chi connectivity index (χ1n) is 4.75. The van der Waals surface area contributed by atoms with Crippen LogP contribution in [0.25, 0.3) is 0 Å². The maximum absolute atomic E-state index is 11.7. The number of ketones is 1. The Kier molecular flexibility index (Phi) is 5.34. The van der Waals surface area contributed by atoms with Gasteiger partial charge in [-0.1, -0.05) is 24.0 Å². The van der Waals surface area contributed by atoms with Crippen LogP contribution in [0.5, 0.6) is 0 Å². The molecule has 0 aliphatic rings. The van der Waals surface area contributed by atoms with E-state index < -0.39 is 0 Å². The molecule has 0 saturated carbocycles. The molecular weight excluding hydrogens is 242 g/mol. The van der Waals surface area contributed by atoms with E-state index in [0.717, 1.165) is 4.32 Å². The Labute approximate surface area is 104 Å². The van der Waals surface area contributed by atoms with E-state index in [1.165, 1.54) is 24.2 Å². The Bertz CT molecular complexity index is 368. The van der Waals surface area contributed by atoms with Gasteiger partial charge >= 0.3 is 0 Å². The summed E-state index contributed by atoms with van der Waals surface area (Å²) in [7, 11) is 3.79. The first kappa shape index (κ1) is 13.1. The zero-order valence-corrected chi connectivity index (χ0v) is 10.8. The molecule has 0 unspecified atom stereocenters. The summed E-state index contributed by atoms with van der Waals surface area (Å²) in [6, 6.07) is 1.67. The predicted octanol–water partition coefficient (Wildman–Crippen LogP) is 1.63. The molecule has 0 aliphatic carbocycles. The van der Waals surface area contributed by atoms with E-state index in [9.17, 15) is 4.79 Å². The lowest BCUT2D eigenvalue weighted by molar-refractivity contribution is 0.0989. The van der Waals surface area contributed by atoms with E-state index in [-0.39, 0.29) is 5.78 Å². The molecule has 86 valence electrons. The minimum absolute atomic E-state index is 0.0731. The number of carbonyl (C=O) groups is 1. The number of Topliss-reactive ketones (excluding diaryl/α,β-unsaturated/α-hetero) is 1. The predicted molar refractivity (Wildman–Crippen MR) is 69.7 cm³/mol. The molecule has 6 heteroatoms. The molecule has 0 saturated heterocycles. The van der Waals surface area contributed by atoms with E-state index in [1.807, 2.05) is 19.0 Å². The highest BCUT2D eigenvalue weighted by atomic mass is 32.2. The van der Waals surface area contributed by atoms with Crippen molar-refractivity contribution in [2.45, 2.75) is 6.42 Å². The highest BCUT2D eigenvalue weighted by molar-refractivity contribution is 8.22. The third-order valence-electron chi connectivity index (χ3n) is 1.83. The van der Waals surface area contributed by atoms with Crippen molar-refractivity contribution < 1.29 is 4.79 Å². The lowest BCUT2D eigenvalue weighted by Gasteiger charge is -2.11. The van der Waals surface area contributed by atoms with Crippen LogP contribution in [0.3, 0.4) is 0 Å². The fourth-order valence-electron chi connectivity index (χ4n) is 0.960. The number of thiocarbonyl (C=S) groups is 1. The van der Waals surface area contributed by atoms with Gasteiger partial charge in [-0.2, -0.15) is 10.2 Å². The fourth-order valence-corrected chi connectivity index (χ4v) is 1.93. The number of carbonyl (C=O) groups excluding carboxylic acids is 1. The molecule has 0 aromatic carbocycles. The van der Waals surface area contributed by atoms with Crippen LogP contribution in [0.1, 0.15) is 16.8 Å². The molecule has 16 heavy (non-hydrogen) atoms. The smallest absolute Gasteiger partial charge is 0.165 e. The number of rotatable bonds is 4. The summed E-state index contributed by atoms with van der Waals surface area (Å²) >= 11 is 6.61. The first-order chi connectivity index (χ1) is 7.61. The highest BCUT2D eigenvalue weighted by Crippen LogP contribution is 2.10. The molecule has 0 N–H and O–H groups in total. The van der Waals surface area contributed by atoms with Crippen LogP contribution in [0.2, 0.25) is 0 Å². The summed E-state index contributed by atoms with van der Waals surface area (Å²) < 4.78 is 0.792. The van der Waals surface area contributed by atoms with Crippen molar-refractivity contribution in [3.63, 3.8) is 0 Å². The normalized spacial score (nSPS) is 9.88.